The van der Waals surface area contributed by atoms with E-state index in [1.807, 2.05) is 0 Å². The molecule has 1 aliphatic rings. The lowest BCUT2D eigenvalue weighted by atomic mass is 10.1. The van der Waals surface area contributed by atoms with Gasteiger partial charge in [-0.2, -0.15) is 5.26 Å². The van der Waals surface area contributed by atoms with Gasteiger partial charge in [0.05, 0.1) is 16.5 Å². The van der Waals surface area contributed by atoms with Crippen LogP contribution < -0.4 is 4.74 Å². The summed E-state index contributed by atoms with van der Waals surface area (Å²) in [6, 6.07) is 7.06. The van der Waals surface area contributed by atoms with Gasteiger partial charge in [-0.15, -0.1) is 0 Å². The number of Topliss-reactive ketones (excluding diaryl/α,β-unsaturated/α-hetero) is 1. The molecule has 1 aliphatic carbocycles. The number of hydrogen-bond donors (Lipinski definition) is 1. The summed E-state index contributed by atoms with van der Waals surface area (Å²) >= 11 is 0. The van der Waals surface area contributed by atoms with Crippen LogP contribution in [-0.4, -0.2) is 31.7 Å². The molecule has 0 bridgehead atoms. The van der Waals surface area contributed by atoms with Gasteiger partial charge in [-0.05, 0) is 24.3 Å². The Hall–Kier alpha value is -2.83. The number of carbonyl (C=O) groups is 1. The summed E-state index contributed by atoms with van der Waals surface area (Å²) in [6.07, 6.45) is -3.41. The van der Waals surface area contributed by atoms with Crippen LogP contribution in [0.25, 0.3) is 0 Å². The molecule has 2 aromatic carbocycles. The lowest BCUT2D eigenvalue weighted by molar-refractivity contribution is 0.0633. The van der Waals surface area contributed by atoms with Crippen LogP contribution >= 0.6 is 0 Å². The second kappa shape index (κ2) is 6.16. The third-order valence-corrected chi connectivity index (χ3v) is 5.00. The Kier molecular flexibility index (Phi) is 4.26. The maximum absolute atomic E-state index is 14.0. The van der Waals surface area contributed by atoms with Gasteiger partial charge in [0.1, 0.15) is 23.4 Å². The fourth-order valence-electron chi connectivity index (χ4n) is 2.77. The van der Waals surface area contributed by atoms with Gasteiger partial charge in [0.15, 0.2) is 16.0 Å². The standard InChI is InChI=1S/C17H11F2NO5S/c1-26(23,24)12-3-2-11(13-14(12)17(22)15(19)16(13)21)25-10-5-8(7-20)4-9(18)6-10/h2-6,15-16,21H,1H3/t15?,16-/m0/s1. The monoisotopic (exact) mass is 379 g/mol. The lowest BCUT2D eigenvalue weighted by Gasteiger charge is -2.14. The van der Waals surface area contributed by atoms with Gasteiger partial charge >= 0.3 is 0 Å². The molecule has 1 unspecified atom stereocenters. The first-order valence-corrected chi connectivity index (χ1v) is 9.14. The van der Waals surface area contributed by atoms with Crippen LogP contribution in [0.2, 0.25) is 0 Å². The predicted molar refractivity (Wildman–Crippen MR) is 84.9 cm³/mol. The van der Waals surface area contributed by atoms with Crippen LogP contribution in [0.1, 0.15) is 27.6 Å². The van der Waals surface area contributed by atoms with Gasteiger partial charge in [-0.25, -0.2) is 17.2 Å². The largest absolute Gasteiger partial charge is 0.457 e. The van der Waals surface area contributed by atoms with Crippen molar-refractivity contribution < 1.29 is 31.8 Å². The molecular formula is C17H11F2NO5S. The number of halogens is 2. The molecule has 0 spiro atoms. The minimum absolute atomic E-state index is 0.0376. The molecule has 0 radical (unpaired) electrons. The van der Waals surface area contributed by atoms with E-state index in [4.69, 9.17) is 10.00 Å². The molecular weight excluding hydrogens is 368 g/mol. The Morgan fingerprint density at radius 3 is 2.58 bits per heavy atom. The first kappa shape index (κ1) is 18.0. The van der Waals surface area contributed by atoms with Crippen LogP contribution in [0.3, 0.4) is 0 Å². The smallest absolute Gasteiger partial charge is 0.201 e. The zero-order valence-electron chi connectivity index (χ0n) is 13.2. The highest BCUT2D eigenvalue weighted by molar-refractivity contribution is 7.90. The summed E-state index contributed by atoms with van der Waals surface area (Å²) in [5, 5.41) is 18.9. The summed E-state index contributed by atoms with van der Waals surface area (Å²) in [4.78, 5) is 11.6. The zero-order valence-corrected chi connectivity index (χ0v) is 14.0. The molecule has 0 heterocycles. The van der Waals surface area contributed by atoms with Crippen molar-refractivity contribution in [2.75, 3.05) is 6.26 Å². The minimum atomic E-state index is -3.87. The van der Waals surface area contributed by atoms with Crippen LogP contribution in [0, 0.1) is 17.1 Å². The average Bonchev–Trinajstić information content (AvgIpc) is 2.79. The number of carbonyl (C=O) groups excluding carboxylic acids is 1. The van der Waals surface area contributed by atoms with Crippen molar-refractivity contribution in [1.29, 1.82) is 5.26 Å². The Morgan fingerprint density at radius 1 is 1.27 bits per heavy atom. The molecule has 0 amide bonds. The van der Waals surface area contributed by atoms with E-state index in [0.29, 0.717) is 0 Å². The Bertz CT molecular complexity index is 1080. The van der Waals surface area contributed by atoms with Gasteiger partial charge in [0.25, 0.3) is 0 Å². The van der Waals surface area contributed by atoms with Crippen molar-refractivity contribution in [2.45, 2.75) is 17.2 Å². The number of ketones is 1. The number of sulfone groups is 1. The first-order chi connectivity index (χ1) is 12.1. The molecule has 0 saturated carbocycles. The lowest BCUT2D eigenvalue weighted by Crippen LogP contribution is -2.14. The van der Waals surface area contributed by atoms with E-state index >= 15 is 0 Å². The number of aliphatic hydroxyl groups is 1. The van der Waals surface area contributed by atoms with Gasteiger partial charge in [-0.1, -0.05) is 0 Å². The number of hydrogen-bond acceptors (Lipinski definition) is 6. The molecule has 2 atom stereocenters. The Morgan fingerprint density at radius 2 is 1.96 bits per heavy atom. The van der Waals surface area contributed by atoms with Crippen molar-refractivity contribution in [1.82, 2.24) is 0 Å². The van der Waals surface area contributed by atoms with E-state index in [0.717, 1.165) is 30.5 Å². The van der Waals surface area contributed by atoms with Crippen molar-refractivity contribution in [2.24, 2.45) is 0 Å². The molecule has 6 nitrogen and oxygen atoms in total. The quantitative estimate of drug-likeness (QED) is 0.878. The molecule has 134 valence electrons. The third kappa shape index (κ3) is 2.94. The van der Waals surface area contributed by atoms with E-state index in [1.165, 1.54) is 6.07 Å². The summed E-state index contributed by atoms with van der Waals surface area (Å²) in [5.41, 5.74) is -0.848. The van der Waals surface area contributed by atoms with Crippen molar-refractivity contribution in [3.8, 4) is 17.6 Å². The second-order valence-corrected chi connectivity index (χ2v) is 7.71. The fraction of sp³-hybridized carbons (Fsp3) is 0.176. The molecule has 0 aliphatic heterocycles. The van der Waals surface area contributed by atoms with Gasteiger partial charge in [0.2, 0.25) is 5.78 Å². The highest BCUT2D eigenvalue weighted by Crippen LogP contribution is 2.44. The second-order valence-electron chi connectivity index (χ2n) is 5.72. The minimum Gasteiger partial charge on any atom is -0.457 e. The van der Waals surface area contributed by atoms with Crippen molar-refractivity contribution in [3.63, 3.8) is 0 Å². The van der Waals surface area contributed by atoms with Crippen molar-refractivity contribution >= 4 is 15.6 Å². The fourth-order valence-corrected chi connectivity index (χ4v) is 3.66. The summed E-state index contributed by atoms with van der Waals surface area (Å²) in [5.74, 6) is -2.26. The molecule has 26 heavy (non-hydrogen) atoms. The number of nitriles is 1. The number of ether oxygens (including phenoxy) is 1. The molecule has 2 aromatic rings. The highest BCUT2D eigenvalue weighted by Gasteiger charge is 2.44. The number of rotatable bonds is 3. The first-order valence-electron chi connectivity index (χ1n) is 7.25. The van der Waals surface area contributed by atoms with Crippen LogP contribution in [-0.2, 0) is 9.84 Å². The van der Waals surface area contributed by atoms with E-state index in [1.54, 1.807) is 6.07 Å². The molecule has 9 heteroatoms. The normalized spacial score (nSPS) is 19.1. The van der Waals surface area contributed by atoms with Crippen LogP contribution in [0.15, 0.2) is 35.2 Å². The van der Waals surface area contributed by atoms with E-state index in [2.05, 4.69) is 0 Å². The maximum Gasteiger partial charge on any atom is 0.201 e. The van der Waals surface area contributed by atoms with E-state index < -0.39 is 44.2 Å². The summed E-state index contributed by atoms with van der Waals surface area (Å²) < 4.78 is 56.7. The zero-order chi connectivity index (χ0) is 19.2. The number of alkyl halides is 1. The van der Waals surface area contributed by atoms with Gasteiger partial charge < -0.3 is 9.84 Å². The topological polar surface area (TPSA) is 104 Å². The Balaban J connectivity index is 2.19. The van der Waals surface area contributed by atoms with Gasteiger partial charge in [-0.3, -0.25) is 4.79 Å². The van der Waals surface area contributed by atoms with E-state index in [9.17, 15) is 27.1 Å². The summed E-state index contributed by atoms with van der Waals surface area (Å²) in [7, 11) is -3.87. The molecule has 0 saturated heterocycles. The number of benzene rings is 2. The summed E-state index contributed by atoms with van der Waals surface area (Å²) in [6.45, 7) is 0. The molecule has 0 aromatic heterocycles. The molecule has 3 rings (SSSR count). The third-order valence-electron chi connectivity index (χ3n) is 3.86. The Labute approximate surface area is 147 Å². The van der Waals surface area contributed by atoms with Crippen LogP contribution in [0.5, 0.6) is 11.5 Å². The average molecular weight is 379 g/mol. The highest BCUT2D eigenvalue weighted by atomic mass is 32.2. The predicted octanol–water partition coefficient (Wildman–Crippen LogP) is 2.46. The number of aliphatic hydroxyl groups excluding tert-OH is 1. The molecule has 0 fully saturated rings. The van der Waals surface area contributed by atoms with Crippen molar-refractivity contribution in [3.05, 3.63) is 52.8 Å². The number of nitrogens with zero attached hydrogens (tertiary/aromatic N) is 1. The van der Waals surface area contributed by atoms with Crippen LogP contribution in [0.4, 0.5) is 8.78 Å². The SMILES string of the molecule is CS(=O)(=O)c1ccc(Oc2cc(F)cc(C#N)c2)c2c1C(=O)C(F)[C@H]2O. The number of fused-ring (bicyclic) bond motifs is 1. The maximum atomic E-state index is 14.0. The van der Waals surface area contributed by atoms with E-state index in [-0.39, 0.29) is 22.6 Å². The molecule has 1 N–H and O–H groups in total. The van der Waals surface area contributed by atoms with Gasteiger partial charge in [0, 0.05) is 23.4 Å².